The maximum absolute atomic E-state index is 13.8. The van der Waals surface area contributed by atoms with Crippen molar-refractivity contribution in [1.29, 1.82) is 0 Å². The number of hydrogen-bond acceptors (Lipinski definition) is 4. The van der Waals surface area contributed by atoms with E-state index < -0.39 is 23.3 Å². The molecule has 0 aliphatic heterocycles. The zero-order valence-electron chi connectivity index (χ0n) is 26.0. The molecule has 0 saturated heterocycles. The summed E-state index contributed by atoms with van der Waals surface area (Å²) in [6, 6.07) is 45.4. The predicted molar refractivity (Wildman–Crippen MR) is 182 cm³/mol. The highest BCUT2D eigenvalue weighted by atomic mass is 16.5. The van der Waals surface area contributed by atoms with Crippen molar-refractivity contribution < 1.29 is 24.2 Å². The summed E-state index contributed by atoms with van der Waals surface area (Å²) in [7, 11) is 0. The molecule has 1 aliphatic carbocycles. The van der Waals surface area contributed by atoms with Crippen molar-refractivity contribution in [3.63, 3.8) is 0 Å². The Bertz CT molecular complexity index is 1700. The molecule has 0 saturated carbocycles. The molecular formula is C41H37NO5. The predicted octanol–water partition coefficient (Wildman–Crippen LogP) is 7.71. The van der Waals surface area contributed by atoms with Crippen molar-refractivity contribution >= 4 is 17.8 Å². The Morgan fingerprint density at radius 3 is 1.57 bits per heavy atom. The molecule has 2 N–H and O–H groups in total. The van der Waals surface area contributed by atoms with E-state index in [4.69, 9.17) is 4.74 Å². The molecule has 47 heavy (non-hydrogen) atoms. The highest BCUT2D eigenvalue weighted by molar-refractivity contribution is 5.84. The van der Waals surface area contributed by atoms with Crippen LogP contribution in [0.2, 0.25) is 0 Å². The summed E-state index contributed by atoms with van der Waals surface area (Å²) in [5, 5.41) is 13.3. The van der Waals surface area contributed by atoms with Gasteiger partial charge in [0, 0.05) is 18.8 Å². The zero-order valence-corrected chi connectivity index (χ0v) is 26.0. The van der Waals surface area contributed by atoms with E-state index in [9.17, 15) is 19.5 Å². The van der Waals surface area contributed by atoms with Crippen molar-refractivity contribution in [1.82, 2.24) is 5.32 Å². The first-order valence-electron chi connectivity index (χ1n) is 16.0. The first kappa shape index (κ1) is 31.5. The smallest absolute Gasteiger partial charge is 0.307 e. The number of esters is 1. The van der Waals surface area contributed by atoms with Gasteiger partial charge in [-0.15, -0.1) is 0 Å². The van der Waals surface area contributed by atoms with Gasteiger partial charge in [0.05, 0.1) is 5.92 Å². The molecule has 0 spiro atoms. The Labute approximate surface area is 275 Å². The van der Waals surface area contributed by atoms with Crippen LogP contribution in [0.1, 0.15) is 59.4 Å². The molecule has 0 bridgehead atoms. The molecule has 0 unspecified atom stereocenters. The second kappa shape index (κ2) is 14.3. The minimum absolute atomic E-state index is 0.0408. The van der Waals surface area contributed by atoms with Gasteiger partial charge in [-0.1, -0.05) is 140 Å². The minimum atomic E-state index is -1.07. The van der Waals surface area contributed by atoms with Gasteiger partial charge in [0.15, 0.2) is 0 Å². The Morgan fingerprint density at radius 1 is 0.660 bits per heavy atom. The summed E-state index contributed by atoms with van der Waals surface area (Å²) < 4.78 is 5.71. The summed E-state index contributed by atoms with van der Waals surface area (Å²) in [5.41, 5.74) is 6.11. The number of carbonyl (C=O) groups excluding carboxylic acids is 2. The average Bonchev–Trinajstić information content (AvgIpc) is 3.44. The Balaban J connectivity index is 1.11. The van der Waals surface area contributed by atoms with Crippen molar-refractivity contribution in [2.24, 2.45) is 5.92 Å². The zero-order chi connectivity index (χ0) is 32.6. The second-order valence-corrected chi connectivity index (χ2v) is 11.9. The number of rotatable bonds is 13. The van der Waals surface area contributed by atoms with Crippen LogP contribution in [0.3, 0.4) is 0 Å². The first-order valence-corrected chi connectivity index (χ1v) is 16.0. The van der Waals surface area contributed by atoms with Gasteiger partial charge in [-0.25, -0.2) is 0 Å². The number of aliphatic carboxylic acids is 1. The average molecular weight is 624 g/mol. The number of carbonyl (C=O) groups is 3. The molecule has 0 heterocycles. The van der Waals surface area contributed by atoms with Crippen LogP contribution in [-0.2, 0) is 24.7 Å². The van der Waals surface area contributed by atoms with Crippen molar-refractivity contribution in [2.75, 3.05) is 6.61 Å². The fourth-order valence-corrected chi connectivity index (χ4v) is 6.76. The van der Waals surface area contributed by atoms with E-state index in [1.165, 1.54) is 0 Å². The van der Waals surface area contributed by atoms with Gasteiger partial charge in [-0.2, -0.15) is 0 Å². The van der Waals surface area contributed by atoms with E-state index in [2.05, 4.69) is 29.6 Å². The van der Waals surface area contributed by atoms with Crippen LogP contribution in [0.4, 0.5) is 0 Å². The SMILES string of the molecule is O=C(C[C@H](CCCC(=O)OCC1c2ccccc2-c2ccccc21)C(=O)O)NC(c1ccccc1)(c1ccccc1)c1ccccc1. The van der Waals surface area contributed by atoms with Gasteiger partial charge in [-0.3, -0.25) is 14.4 Å². The van der Waals surface area contributed by atoms with Gasteiger partial charge < -0.3 is 15.2 Å². The summed E-state index contributed by atoms with van der Waals surface area (Å²) in [4.78, 5) is 38.9. The topological polar surface area (TPSA) is 92.7 Å². The normalized spacial score (nSPS) is 12.9. The molecule has 6 nitrogen and oxygen atoms in total. The summed E-state index contributed by atoms with van der Waals surface area (Å²) >= 11 is 0. The molecule has 236 valence electrons. The maximum Gasteiger partial charge on any atom is 0.307 e. The largest absolute Gasteiger partial charge is 0.481 e. The fourth-order valence-electron chi connectivity index (χ4n) is 6.76. The van der Waals surface area contributed by atoms with E-state index >= 15 is 0 Å². The van der Waals surface area contributed by atoms with Gasteiger partial charge in [0.25, 0.3) is 0 Å². The third-order valence-electron chi connectivity index (χ3n) is 9.04. The van der Waals surface area contributed by atoms with Crippen LogP contribution >= 0.6 is 0 Å². The fraction of sp³-hybridized carbons (Fsp3) is 0.195. The van der Waals surface area contributed by atoms with Crippen LogP contribution in [-0.4, -0.2) is 29.6 Å². The molecular weight excluding hydrogens is 586 g/mol. The van der Waals surface area contributed by atoms with E-state index in [1.807, 2.05) is 115 Å². The van der Waals surface area contributed by atoms with E-state index in [0.717, 1.165) is 38.9 Å². The molecule has 1 amide bonds. The summed E-state index contributed by atoms with van der Waals surface area (Å²) in [6.07, 6.45) is 0.307. The lowest BCUT2D eigenvalue weighted by atomic mass is 9.76. The molecule has 1 aliphatic rings. The third kappa shape index (κ3) is 6.73. The monoisotopic (exact) mass is 623 g/mol. The molecule has 0 radical (unpaired) electrons. The van der Waals surface area contributed by atoms with Crippen molar-refractivity contribution in [3.05, 3.63) is 167 Å². The number of fused-ring (bicyclic) bond motifs is 3. The summed E-state index contributed by atoms with van der Waals surface area (Å²) in [6.45, 7) is 0.220. The standard InChI is InChI=1S/C41H37NO5/c43-38(42-41(30-16-4-1-5-17-30,31-18-6-2-7-19-31)32-20-8-3-9-21-32)27-29(40(45)46)15-14-26-39(44)47-28-37-35-24-12-10-22-33(35)34-23-11-13-25-36(34)37/h1-13,16-25,29,37H,14-15,26-28H2,(H,42,43)(H,45,46)/t29-/m0/s1. The van der Waals surface area contributed by atoms with Gasteiger partial charge in [0.1, 0.15) is 12.1 Å². The molecule has 6 heteroatoms. The number of benzene rings is 5. The number of carboxylic acids is 1. The minimum Gasteiger partial charge on any atom is -0.481 e. The number of nitrogens with one attached hydrogen (secondary N) is 1. The summed E-state index contributed by atoms with van der Waals surface area (Å²) in [5.74, 6) is -2.85. The highest BCUT2D eigenvalue weighted by Crippen LogP contribution is 2.44. The van der Waals surface area contributed by atoms with E-state index in [-0.39, 0.29) is 37.8 Å². The number of amides is 1. The van der Waals surface area contributed by atoms with Crippen LogP contribution in [0.5, 0.6) is 0 Å². The number of hydrogen-bond donors (Lipinski definition) is 2. The van der Waals surface area contributed by atoms with E-state index in [0.29, 0.717) is 6.42 Å². The lowest BCUT2D eigenvalue weighted by molar-refractivity contribution is -0.146. The molecule has 0 fully saturated rings. The van der Waals surface area contributed by atoms with E-state index in [1.54, 1.807) is 0 Å². The van der Waals surface area contributed by atoms with Crippen LogP contribution < -0.4 is 5.32 Å². The number of ether oxygens (including phenoxy) is 1. The van der Waals surface area contributed by atoms with Gasteiger partial charge in [0.2, 0.25) is 5.91 Å². The van der Waals surface area contributed by atoms with Crippen molar-refractivity contribution in [2.45, 2.75) is 37.1 Å². The van der Waals surface area contributed by atoms with Crippen LogP contribution in [0.15, 0.2) is 140 Å². The molecule has 5 aromatic carbocycles. The lowest BCUT2D eigenvalue weighted by Crippen LogP contribution is -2.48. The van der Waals surface area contributed by atoms with Gasteiger partial charge in [-0.05, 0) is 51.8 Å². The molecule has 1 atom stereocenters. The van der Waals surface area contributed by atoms with Crippen molar-refractivity contribution in [3.8, 4) is 11.1 Å². The number of carboxylic acid groups (broad SMARTS) is 1. The van der Waals surface area contributed by atoms with Crippen LogP contribution in [0.25, 0.3) is 11.1 Å². The Hall–Kier alpha value is -5.49. The Morgan fingerprint density at radius 2 is 1.11 bits per heavy atom. The maximum atomic E-state index is 13.8. The molecule has 5 aromatic rings. The molecule has 6 rings (SSSR count). The highest BCUT2D eigenvalue weighted by Gasteiger charge is 2.38. The second-order valence-electron chi connectivity index (χ2n) is 11.9. The van der Waals surface area contributed by atoms with Gasteiger partial charge >= 0.3 is 11.9 Å². The first-order chi connectivity index (χ1) is 23.0. The third-order valence-corrected chi connectivity index (χ3v) is 9.04. The Kier molecular flexibility index (Phi) is 9.58. The lowest BCUT2D eigenvalue weighted by Gasteiger charge is -2.37. The molecule has 0 aromatic heterocycles. The van der Waals surface area contributed by atoms with Crippen LogP contribution in [0, 0.1) is 5.92 Å². The quantitative estimate of drug-likeness (QED) is 0.104.